The lowest BCUT2D eigenvalue weighted by Gasteiger charge is -2.10. The molecule has 1 saturated carbocycles. The molecule has 29 heavy (non-hydrogen) atoms. The van der Waals surface area contributed by atoms with Gasteiger partial charge in [-0.3, -0.25) is 4.79 Å². The third kappa shape index (κ3) is 5.01. The largest absolute Gasteiger partial charge is 0.457 e. The van der Waals surface area contributed by atoms with Crippen LogP contribution in [0.25, 0.3) is 0 Å². The number of carbonyl (C=O) groups excluding carboxylic acids is 1. The summed E-state index contributed by atoms with van der Waals surface area (Å²) in [5.74, 6) is 0.996. The molecule has 0 aliphatic heterocycles. The Morgan fingerprint density at radius 1 is 0.862 bits per heavy atom. The molecule has 6 nitrogen and oxygen atoms in total. The number of carbonyl (C=O) groups is 1. The van der Waals surface area contributed by atoms with Gasteiger partial charge in [0.1, 0.15) is 11.5 Å². The Bertz CT molecular complexity index is 1110. The number of benzene rings is 3. The van der Waals surface area contributed by atoms with E-state index in [-0.39, 0.29) is 16.8 Å². The fraction of sp³-hybridized carbons (Fsp3) is 0.136. The number of hydrogen-bond donors (Lipinski definition) is 2. The van der Waals surface area contributed by atoms with Gasteiger partial charge in [-0.25, -0.2) is 13.1 Å². The lowest BCUT2D eigenvalue weighted by Crippen LogP contribution is -2.25. The number of amides is 1. The summed E-state index contributed by atoms with van der Waals surface area (Å²) in [6.07, 6.45) is 1.72. The first-order valence-corrected chi connectivity index (χ1v) is 10.7. The molecule has 0 atom stereocenters. The maximum absolute atomic E-state index is 12.5. The van der Waals surface area contributed by atoms with Gasteiger partial charge < -0.3 is 10.1 Å². The molecule has 7 heteroatoms. The molecule has 4 rings (SSSR count). The molecular weight excluding hydrogens is 388 g/mol. The highest BCUT2D eigenvalue weighted by Crippen LogP contribution is 2.24. The van der Waals surface area contributed by atoms with Crippen molar-refractivity contribution in [2.45, 2.75) is 23.8 Å². The number of nitrogens with one attached hydrogen (secondary N) is 2. The zero-order chi connectivity index (χ0) is 20.3. The van der Waals surface area contributed by atoms with Crippen molar-refractivity contribution in [3.05, 3.63) is 84.4 Å². The molecule has 0 aromatic heterocycles. The first-order chi connectivity index (χ1) is 14.0. The molecule has 0 saturated heterocycles. The second-order valence-corrected chi connectivity index (χ2v) is 8.53. The van der Waals surface area contributed by atoms with Crippen molar-refractivity contribution >= 4 is 21.6 Å². The fourth-order valence-corrected chi connectivity index (χ4v) is 4.08. The Labute approximate surface area is 169 Å². The summed E-state index contributed by atoms with van der Waals surface area (Å²) in [7, 11) is -3.57. The van der Waals surface area contributed by atoms with Gasteiger partial charge >= 0.3 is 0 Å². The normalized spacial score (nSPS) is 13.7. The van der Waals surface area contributed by atoms with Gasteiger partial charge in [-0.1, -0.05) is 24.3 Å². The minimum atomic E-state index is -3.57. The van der Waals surface area contributed by atoms with Gasteiger partial charge in [0.2, 0.25) is 10.0 Å². The average Bonchev–Trinajstić information content (AvgIpc) is 3.53. The highest BCUT2D eigenvalue weighted by molar-refractivity contribution is 7.89. The molecule has 1 fully saturated rings. The van der Waals surface area contributed by atoms with Crippen molar-refractivity contribution in [2.75, 3.05) is 5.32 Å². The van der Waals surface area contributed by atoms with Gasteiger partial charge in [0.25, 0.3) is 5.91 Å². The fourth-order valence-electron chi connectivity index (χ4n) is 2.73. The van der Waals surface area contributed by atoms with E-state index in [1.54, 1.807) is 36.4 Å². The quantitative estimate of drug-likeness (QED) is 0.614. The second kappa shape index (κ2) is 8.06. The first kappa shape index (κ1) is 19.2. The van der Waals surface area contributed by atoms with E-state index in [4.69, 9.17) is 4.74 Å². The van der Waals surface area contributed by atoms with Crippen LogP contribution < -0.4 is 14.8 Å². The summed E-state index contributed by atoms with van der Waals surface area (Å²) in [4.78, 5) is 12.6. The molecule has 3 aromatic carbocycles. The molecule has 0 unspecified atom stereocenters. The van der Waals surface area contributed by atoms with Crippen LogP contribution in [0.5, 0.6) is 11.5 Å². The lowest BCUT2D eigenvalue weighted by molar-refractivity contribution is 0.102. The van der Waals surface area contributed by atoms with Crippen LogP contribution in [0, 0.1) is 0 Å². The van der Waals surface area contributed by atoms with Crippen LogP contribution in [0.4, 0.5) is 5.69 Å². The van der Waals surface area contributed by atoms with Crippen molar-refractivity contribution in [3.8, 4) is 11.5 Å². The number of para-hydroxylation sites is 1. The molecular formula is C22H20N2O4S. The highest BCUT2D eigenvalue weighted by Gasteiger charge is 2.28. The average molecular weight is 408 g/mol. The van der Waals surface area contributed by atoms with Crippen molar-refractivity contribution in [2.24, 2.45) is 0 Å². The molecule has 148 valence electrons. The van der Waals surface area contributed by atoms with Gasteiger partial charge in [-0.15, -0.1) is 0 Å². The zero-order valence-electron chi connectivity index (χ0n) is 15.5. The molecule has 0 heterocycles. The van der Waals surface area contributed by atoms with Gasteiger partial charge in [0.15, 0.2) is 0 Å². The van der Waals surface area contributed by atoms with Crippen LogP contribution in [-0.4, -0.2) is 20.4 Å². The van der Waals surface area contributed by atoms with E-state index in [0.717, 1.165) is 12.8 Å². The molecule has 0 spiro atoms. The van der Waals surface area contributed by atoms with E-state index in [2.05, 4.69) is 10.0 Å². The van der Waals surface area contributed by atoms with E-state index >= 15 is 0 Å². The molecule has 0 radical (unpaired) electrons. The van der Waals surface area contributed by atoms with Crippen molar-refractivity contribution in [3.63, 3.8) is 0 Å². The van der Waals surface area contributed by atoms with Crippen LogP contribution >= 0.6 is 0 Å². The maximum atomic E-state index is 12.5. The predicted octanol–water partition coefficient (Wildman–Crippen LogP) is 4.17. The van der Waals surface area contributed by atoms with E-state index in [0.29, 0.717) is 22.7 Å². The second-order valence-electron chi connectivity index (χ2n) is 6.82. The number of anilines is 1. The number of ether oxygens (including phenoxy) is 1. The summed E-state index contributed by atoms with van der Waals surface area (Å²) in [5.41, 5.74) is 0.855. The van der Waals surface area contributed by atoms with Gasteiger partial charge in [-0.05, 0) is 67.4 Å². The Hall–Kier alpha value is -3.16. The van der Waals surface area contributed by atoms with Crippen LogP contribution in [0.3, 0.4) is 0 Å². The summed E-state index contributed by atoms with van der Waals surface area (Å²) in [5, 5.41) is 2.74. The molecule has 3 aromatic rings. The number of sulfonamides is 1. The van der Waals surface area contributed by atoms with E-state index in [1.165, 1.54) is 12.1 Å². The molecule has 1 aliphatic carbocycles. The SMILES string of the molecule is O=C(Nc1cccc(S(=O)(=O)NC2CC2)c1)c1ccc(Oc2ccccc2)cc1. The summed E-state index contributed by atoms with van der Waals surface area (Å²) in [6, 6.07) is 22.3. The molecule has 1 aliphatic rings. The summed E-state index contributed by atoms with van der Waals surface area (Å²) < 4.78 is 33.0. The maximum Gasteiger partial charge on any atom is 0.255 e. The van der Waals surface area contributed by atoms with Crippen molar-refractivity contribution in [1.29, 1.82) is 0 Å². The van der Waals surface area contributed by atoms with Crippen LogP contribution in [0.2, 0.25) is 0 Å². The standard InChI is InChI=1S/C22H20N2O4S/c25-22(16-9-13-20(14-10-16)28-19-6-2-1-3-7-19)23-18-5-4-8-21(15-18)29(26,27)24-17-11-12-17/h1-10,13-15,17,24H,11-12H2,(H,23,25). The zero-order valence-corrected chi connectivity index (χ0v) is 16.4. The molecule has 1 amide bonds. The number of rotatable bonds is 7. The van der Waals surface area contributed by atoms with Gasteiger partial charge in [0, 0.05) is 17.3 Å². The smallest absolute Gasteiger partial charge is 0.255 e. The van der Waals surface area contributed by atoms with Gasteiger partial charge in [0.05, 0.1) is 4.90 Å². The van der Waals surface area contributed by atoms with Crippen LogP contribution in [0.15, 0.2) is 83.8 Å². The van der Waals surface area contributed by atoms with Gasteiger partial charge in [-0.2, -0.15) is 0 Å². The Kier molecular flexibility index (Phi) is 5.33. The number of hydrogen-bond acceptors (Lipinski definition) is 4. The minimum absolute atomic E-state index is 0.0230. The van der Waals surface area contributed by atoms with E-state index in [9.17, 15) is 13.2 Å². The lowest BCUT2D eigenvalue weighted by atomic mass is 10.2. The van der Waals surface area contributed by atoms with Crippen LogP contribution in [0.1, 0.15) is 23.2 Å². The Balaban J connectivity index is 1.43. The molecule has 2 N–H and O–H groups in total. The third-order valence-corrected chi connectivity index (χ3v) is 5.91. The van der Waals surface area contributed by atoms with Crippen molar-refractivity contribution in [1.82, 2.24) is 4.72 Å². The third-order valence-electron chi connectivity index (χ3n) is 4.40. The van der Waals surface area contributed by atoms with Crippen molar-refractivity contribution < 1.29 is 17.9 Å². The summed E-state index contributed by atoms with van der Waals surface area (Å²) in [6.45, 7) is 0. The Morgan fingerprint density at radius 2 is 1.55 bits per heavy atom. The topological polar surface area (TPSA) is 84.5 Å². The minimum Gasteiger partial charge on any atom is -0.457 e. The van der Waals surface area contributed by atoms with E-state index < -0.39 is 10.0 Å². The first-order valence-electron chi connectivity index (χ1n) is 9.26. The summed E-state index contributed by atoms with van der Waals surface area (Å²) >= 11 is 0. The van der Waals surface area contributed by atoms with Crippen LogP contribution in [-0.2, 0) is 10.0 Å². The van der Waals surface area contributed by atoms with E-state index in [1.807, 2.05) is 30.3 Å². The predicted molar refractivity (Wildman–Crippen MR) is 111 cm³/mol. The highest BCUT2D eigenvalue weighted by atomic mass is 32.2. The molecule has 0 bridgehead atoms. The Morgan fingerprint density at radius 3 is 2.24 bits per heavy atom. The monoisotopic (exact) mass is 408 g/mol.